The number of nitrogens with zero attached hydrogens (tertiary/aromatic N) is 1. The van der Waals surface area contributed by atoms with Gasteiger partial charge in [-0.05, 0) is 19.1 Å². The number of morpholine rings is 1. The van der Waals surface area contributed by atoms with E-state index in [0.717, 1.165) is 6.54 Å². The van der Waals surface area contributed by atoms with Gasteiger partial charge in [0.1, 0.15) is 5.76 Å². The second kappa shape index (κ2) is 6.18. The number of hydrogen-bond acceptors (Lipinski definition) is 6. The van der Waals surface area contributed by atoms with Crippen LogP contribution in [0.25, 0.3) is 0 Å². The van der Waals surface area contributed by atoms with E-state index in [4.69, 9.17) is 14.3 Å². The second-order valence-electron chi connectivity index (χ2n) is 4.70. The van der Waals surface area contributed by atoms with Crippen LogP contribution in [0.5, 0.6) is 0 Å². The van der Waals surface area contributed by atoms with Crippen LogP contribution in [-0.2, 0) is 16.0 Å². The van der Waals surface area contributed by atoms with Crippen molar-refractivity contribution < 1.29 is 23.8 Å². The molecule has 1 aromatic rings. The summed E-state index contributed by atoms with van der Waals surface area (Å²) in [6.07, 6.45) is -0.0975. The second-order valence-corrected chi connectivity index (χ2v) is 4.70. The molecule has 0 radical (unpaired) electrons. The van der Waals surface area contributed by atoms with Crippen molar-refractivity contribution in [3.8, 4) is 0 Å². The first kappa shape index (κ1) is 14.0. The van der Waals surface area contributed by atoms with Crippen LogP contribution in [0.4, 0.5) is 0 Å². The van der Waals surface area contributed by atoms with Crippen LogP contribution in [0.1, 0.15) is 23.2 Å². The molecule has 2 unspecified atom stereocenters. The highest BCUT2D eigenvalue weighted by molar-refractivity contribution is 5.86. The lowest BCUT2D eigenvalue weighted by atomic mass is 10.2. The Labute approximate surface area is 111 Å². The Morgan fingerprint density at radius 2 is 2.32 bits per heavy atom. The van der Waals surface area contributed by atoms with Crippen LogP contribution >= 0.6 is 0 Å². The van der Waals surface area contributed by atoms with Crippen LogP contribution in [0, 0.1) is 0 Å². The maximum atomic E-state index is 11.3. The van der Waals surface area contributed by atoms with Gasteiger partial charge < -0.3 is 19.0 Å². The van der Waals surface area contributed by atoms with Gasteiger partial charge in [-0.15, -0.1) is 0 Å². The molecule has 0 aromatic carbocycles. The van der Waals surface area contributed by atoms with Gasteiger partial charge >= 0.3 is 5.97 Å². The van der Waals surface area contributed by atoms with Gasteiger partial charge in [-0.25, -0.2) is 4.79 Å². The van der Waals surface area contributed by atoms with E-state index in [2.05, 4.69) is 9.64 Å². The minimum absolute atomic E-state index is 0.00635. The molecule has 1 N–H and O–H groups in total. The highest BCUT2D eigenvalue weighted by Crippen LogP contribution is 2.16. The van der Waals surface area contributed by atoms with Crippen molar-refractivity contribution in [1.29, 1.82) is 0 Å². The molecule has 2 rings (SSSR count). The minimum atomic E-state index is -0.477. The van der Waals surface area contributed by atoms with E-state index >= 15 is 0 Å². The topological polar surface area (TPSA) is 72.1 Å². The first-order chi connectivity index (χ1) is 9.12. The number of ether oxygens (including phenoxy) is 2. The van der Waals surface area contributed by atoms with E-state index < -0.39 is 5.97 Å². The van der Waals surface area contributed by atoms with E-state index in [-0.39, 0.29) is 24.6 Å². The number of carbonyl (C=O) groups is 1. The van der Waals surface area contributed by atoms with Crippen molar-refractivity contribution in [3.05, 3.63) is 23.7 Å². The third-order valence-electron chi connectivity index (χ3n) is 3.03. The smallest absolute Gasteiger partial charge is 0.373 e. The molecule has 6 heteroatoms. The quantitative estimate of drug-likeness (QED) is 0.809. The minimum Gasteiger partial charge on any atom is -0.463 e. The Balaban J connectivity index is 1.96. The SMILES string of the molecule is COC(=O)c1ccc(CN2CC(C)OC(CO)C2)o1. The fourth-order valence-electron chi connectivity index (χ4n) is 2.26. The zero-order valence-electron chi connectivity index (χ0n) is 11.2. The number of aliphatic hydroxyl groups is 1. The summed E-state index contributed by atoms with van der Waals surface area (Å²) in [5, 5.41) is 9.17. The van der Waals surface area contributed by atoms with Gasteiger partial charge in [-0.1, -0.05) is 0 Å². The number of carbonyl (C=O) groups excluding carboxylic acids is 1. The molecule has 1 fully saturated rings. The van der Waals surface area contributed by atoms with Gasteiger partial charge in [-0.3, -0.25) is 4.90 Å². The number of aliphatic hydroxyl groups excluding tert-OH is 1. The van der Waals surface area contributed by atoms with Crippen molar-refractivity contribution in [3.63, 3.8) is 0 Å². The first-order valence-corrected chi connectivity index (χ1v) is 6.28. The van der Waals surface area contributed by atoms with Gasteiger partial charge in [0.15, 0.2) is 0 Å². The lowest BCUT2D eigenvalue weighted by Crippen LogP contribution is -2.47. The normalized spacial score (nSPS) is 24.4. The van der Waals surface area contributed by atoms with Crippen LogP contribution in [0.2, 0.25) is 0 Å². The molecule has 2 heterocycles. The first-order valence-electron chi connectivity index (χ1n) is 6.28. The summed E-state index contributed by atoms with van der Waals surface area (Å²) in [5.41, 5.74) is 0. The average molecular weight is 269 g/mol. The van der Waals surface area contributed by atoms with Crippen LogP contribution < -0.4 is 0 Å². The van der Waals surface area contributed by atoms with E-state index in [9.17, 15) is 4.79 Å². The standard InChI is InChI=1S/C13H19NO5/c1-9-5-14(7-11(8-15)18-9)6-10-3-4-12(19-10)13(16)17-2/h3-4,9,11,15H,5-8H2,1-2H3. The zero-order chi connectivity index (χ0) is 13.8. The summed E-state index contributed by atoms with van der Waals surface area (Å²) < 4.78 is 15.6. The average Bonchev–Trinajstić information content (AvgIpc) is 2.85. The molecule has 1 saturated heterocycles. The lowest BCUT2D eigenvalue weighted by Gasteiger charge is -2.35. The Hall–Kier alpha value is -1.37. The molecule has 0 spiro atoms. The maximum Gasteiger partial charge on any atom is 0.373 e. The molecule has 106 valence electrons. The molecule has 6 nitrogen and oxygen atoms in total. The Kier molecular flexibility index (Phi) is 4.57. The third kappa shape index (κ3) is 3.56. The highest BCUT2D eigenvalue weighted by atomic mass is 16.5. The van der Waals surface area contributed by atoms with Gasteiger partial charge in [0, 0.05) is 13.1 Å². The molecule has 1 aromatic heterocycles. The van der Waals surface area contributed by atoms with E-state index in [1.807, 2.05) is 6.92 Å². The lowest BCUT2D eigenvalue weighted by molar-refractivity contribution is -0.0983. The van der Waals surface area contributed by atoms with E-state index in [1.165, 1.54) is 7.11 Å². The predicted octanol–water partition coefficient (Wildman–Crippen LogP) is 0.648. The Morgan fingerprint density at radius 3 is 3.00 bits per heavy atom. The molecule has 1 aliphatic rings. The van der Waals surface area contributed by atoms with Crippen LogP contribution in [-0.4, -0.2) is 55.0 Å². The summed E-state index contributed by atoms with van der Waals surface area (Å²) in [7, 11) is 1.32. The van der Waals surface area contributed by atoms with E-state index in [0.29, 0.717) is 18.8 Å². The van der Waals surface area contributed by atoms with Gasteiger partial charge in [0.25, 0.3) is 0 Å². The summed E-state index contributed by atoms with van der Waals surface area (Å²) in [5.74, 6) is 0.429. The van der Waals surface area contributed by atoms with Crippen molar-refractivity contribution in [2.75, 3.05) is 26.8 Å². The van der Waals surface area contributed by atoms with Crippen LogP contribution in [0.15, 0.2) is 16.5 Å². The molecule has 0 amide bonds. The largest absolute Gasteiger partial charge is 0.463 e. The zero-order valence-corrected chi connectivity index (χ0v) is 11.2. The number of esters is 1. The van der Waals surface area contributed by atoms with Gasteiger partial charge in [-0.2, -0.15) is 0 Å². The third-order valence-corrected chi connectivity index (χ3v) is 3.03. The Bertz CT molecular complexity index is 430. The number of furan rings is 1. The molecular formula is C13H19NO5. The summed E-state index contributed by atoms with van der Waals surface area (Å²) in [6, 6.07) is 3.37. The molecule has 19 heavy (non-hydrogen) atoms. The Morgan fingerprint density at radius 1 is 1.53 bits per heavy atom. The van der Waals surface area contributed by atoms with Gasteiger partial charge in [0.2, 0.25) is 5.76 Å². The fourth-order valence-corrected chi connectivity index (χ4v) is 2.26. The molecule has 1 aliphatic heterocycles. The molecule has 0 saturated carbocycles. The van der Waals surface area contributed by atoms with Crippen molar-refractivity contribution >= 4 is 5.97 Å². The molecule has 2 atom stereocenters. The molecule has 0 aliphatic carbocycles. The highest BCUT2D eigenvalue weighted by Gasteiger charge is 2.25. The van der Waals surface area contributed by atoms with Crippen LogP contribution in [0.3, 0.4) is 0 Å². The maximum absolute atomic E-state index is 11.3. The number of hydrogen-bond donors (Lipinski definition) is 1. The summed E-state index contributed by atoms with van der Waals surface area (Å²) >= 11 is 0. The van der Waals surface area contributed by atoms with Crippen molar-refractivity contribution in [2.45, 2.75) is 25.7 Å². The fraction of sp³-hybridized carbons (Fsp3) is 0.615. The van der Waals surface area contributed by atoms with Crippen molar-refractivity contribution in [1.82, 2.24) is 4.90 Å². The number of methoxy groups -OCH3 is 1. The predicted molar refractivity (Wildman–Crippen MR) is 66.7 cm³/mol. The monoisotopic (exact) mass is 269 g/mol. The number of rotatable bonds is 4. The van der Waals surface area contributed by atoms with E-state index in [1.54, 1.807) is 12.1 Å². The molecular weight excluding hydrogens is 250 g/mol. The van der Waals surface area contributed by atoms with Gasteiger partial charge in [0.05, 0.1) is 32.5 Å². The summed E-state index contributed by atoms with van der Waals surface area (Å²) in [6.45, 7) is 3.98. The summed E-state index contributed by atoms with van der Waals surface area (Å²) in [4.78, 5) is 13.4. The van der Waals surface area contributed by atoms with Crippen molar-refractivity contribution in [2.24, 2.45) is 0 Å². The molecule has 0 bridgehead atoms.